The molecule has 0 unspecified atom stereocenters. The first-order valence-electron chi connectivity index (χ1n) is 4.91. The summed E-state index contributed by atoms with van der Waals surface area (Å²) < 4.78 is 15.5. The van der Waals surface area contributed by atoms with Gasteiger partial charge in [-0.05, 0) is 6.04 Å². The predicted molar refractivity (Wildman–Crippen MR) is 54.6 cm³/mol. The molecule has 0 aliphatic carbocycles. The summed E-state index contributed by atoms with van der Waals surface area (Å²) in [5.41, 5.74) is 0. The average molecular weight is 224 g/mol. The number of ether oxygens (including phenoxy) is 2. The zero-order chi connectivity index (χ0) is 10.6. The first-order chi connectivity index (χ1) is 6.85. The van der Waals surface area contributed by atoms with Gasteiger partial charge in [0.15, 0.2) is 9.76 Å². The highest BCUT2D eigenvalue weighted by molar-refractivity contribution is 6.26. The molecule has 0 rings (SSSR count). The third-order valence-electron chi connectivity index (χ3n) is 1.44. The Kier molecular flexibility index (Phi) is 11.1. The summed E-state index contributed by atoms with van der Waals surface area (Å²) in [4.78, 5) is 0. The van der Waals surface area contributed by atoms with Gasteiger partial charge in [0.05, 0.1) is 26.4 Å². The molecule has 0 aromatic rings. The first-order valence-corrected chi connectivity index (χ1v) is 6.49. The van der Waals surface area contributed by atoms with Gasteiger partial charge >= 0.3 is 0 Å². The molecule has 0 heterocycles. The first kappa shape index (κ1) is 14.0. The highest BCUT2D eigenvalue weighted by atomic mass is 28.2. The Bertz CT molecular complexity index is 106. The molecule has 5 nitrogen and oxygen atoms in total. The zero-order valence-corrected chi connectivity index (χ0v) is 10.1. The van der Waals surface area contributed by atoms with Crippen LogP contribution in [0, 0.1) is 0 Å². The quantitative estimate of drug-likeness (QED) is 0.289. The smallest absolute Gasteiger partial charge is 0.261 e. The van der Waals surface area contributed by atoms with Crippen LogP contribution >= 0.6 is 0 Å². The van der Waals surface area contributed by atoms with Gasteiger partial charge in [0, 0.05) is 0 Å². The molecule has 0 bridgehead atoms. The van der Waals surface area contributed by atoms with Crippen molar-refractivity contribution in [2.75, 3.05) is 26.4 Å². The van der Waals surface area contributed by atoms with Gasteiger partial charge in [0.25, 0.3) is 6.48 Å². The molecule has 0 atom stereocenters. The van der Waals surface area contributed by atoms with E-state index in [1.807, 2.05) is 0 Å². The fraction of sp³-hybridized carbons (Fsp3) is 1.00. The second-order valence-corrected chi connectivity index (χ2v) is 4.15. The molecule has 0 aliphatic heterocycles. The molecule has 0 aliphatic rings. The molecular formula is C8H20O5Si. The Morgan fingerprint density at radius 1 is 1.14 bits per heavy atom. The fourth-order valence-corrected chi connectivity index (χ4v) is 1.61. The normalized spacial score (nSPS) is 12.0. The van der Waals surface area contributed by atoms with E-state index in [0.717, 1.165) is 12.5 Å². The molecule has 0 saturated carbocycles. The maximum absolute atomic E-state index is 8.54. The fourth-order valence-electron chi connectivity index (χ4n) is 0.766. The van der Waals surface area contributed by atoms with E-state index in [-0.39, 0.29) is 26.4 Å². The lowest BCUT2D eigenvalue weighted by Crippen LogP contribution is -2.25. The second-order valence-electron chi connectivity index (χ2n) is 2.70. The van der Waals surface area contributed by atoms with Crippen LogP contribution in [0.4, 0.5) is 0 Å². The Morgan fingerprint density at radius 3 is 2.14 bits per heavy atom. The summed E-state index contributed by atoms with van der Waals surface area (Å²) in [5.74, 6) is 0. The van der Waals surface area contributed by atoms with Crippen LogP contribution in [0.2, 0.25) is 6.04 Å². The van der Waals surface area contributed by atoms with Crippen molar-refractivity contribution in [3.63, 3.8) is 0 Å². The molecule has 0 spiro atoms. The Labute approximate surface area is 86.9 Å². The third-order valence-corrected chi connectivity index (χ3v) is 2.95. The van der Waals surface area contributed by atoms with E-state index >= 15 is 0 Å². The summed E-state index contributed by atoms with van der Waals surface area (Å²) >= 11 is 0. The predicted octanol–water partition coefficient (Wildman–Crippen LogP) is -0.784. The summed E-state index contributed by atoms with van der Waals surface area (Å²) in [6, 6.07) is 1.07. The molecule has 0 aromatic heterocycles. The number of hydrogen-bond donors (Lipinski definition) is 2. The van der Waals surface area contributed by atoms with Crippen molar-refractivity contribution in [2.24, 2.45) is 0 Å². The van der Waals surface area contributed by atoms with Crippen LogP contribution in [0.1, 0.15) is 13.3 Å². The van der Waals surface area contributed by atoms with Gasteiger partial charge in [-0.15, -0.1) is 0 Å². The highest BCUT2D eigenvalue weighted by Crippen LogP contribution is 1.98. The lowest BCUT2D eigenvalue weighted by molar-refractivity contribution is -0.252. The van der Waals surface area contributed by atoms with E-state index in [1.165, 1.54) is 0 Å². The molecule has 0 saturated heterocycles. The lowest BCUT2D eigenvalue weighted by atomic mass is 10.6. The molecule has 0 aromatic carbocycles. The number of aliphatic hydroxyl groups is 2. The Morgan fingerprint density at radius 2 is 1.71 bits per heavy atom. The topological polar surface area (TPSA) is 68.2 Å². The highest BCUT2D eigenvalue weighted by Gasteiger charge is 2.08. The molecule has 86 valence electrons. The third kappa shape index (κ3) is 8.61. The van der Waals surface area contributed by atoms with Gasteiger partial charge in [-0.2, -0.15) is 0 Å². The standard InChI is InChI=1S/C8H20O5Si/c1-2-7-14-13-8(11-5-3-9)12-6-4-10/h8-10H,2-7,14H2,1H3. The minimum atomic E-state index is -0.715. The van der Waals surface area contributed by atoms with Crippen molar-refractivity contribution in [3.8, 4) is 0 Å². The zero-order valence-electron chi connectivity index (χ0n) is 8.65. The molecule has 0 amide bonds. The van der Waals surface area contributed by atoms with Crippen LogP contribution in [-0.2, 0) is 13.9 Å². The average Bonchev–Trinajstić information content (AvgIpc) is 2.21. The second kappa shape index (κ2) is 11.1. The van der Waals surface area contributed by atoms with E-state index in [2.05, 4.69) is 6.92 Å². The molecule has 14 heavy (non-hydrogen) atoms. The van der Waals surface area contributed by atoms with Crippen molar-refractivity contribution in [3.05, 3.63) is 0 Å². The van der Waals surface area contributed by atoms with Crippen LogP contribution in [0.5, 0.6) is 0 Å². The minimum Gasteiger partial charge on any atom is -0.394 e. The summed E-state index contributed by atoms with van der Waals surface area (Å²) in [7, 11) is -0.605. The van der Waals surface area contributed by atoms with Gasteiger partial charge in [0.1, 0.15) is 0 Å². The van der Waals surface area contributed by atoms with Gasteiger partial charge in [-0.3, -0.25) is 0 Å². The van der Waals surface area contributed by atoms with Crippen LogP contribution in [0.15, 0.2) is 0 Å². The van der Waals surface area contributed by atoms with Gasteiger partial charge in [0.2, 0.25) is 0 Å². The van der Waals surface area contributed by atoms with Crippen molar-refractivity contribution in [2.45, 2.75) is 25.9 Å². The maximum atomic E-state index is 8.54. The van der Waals surface area contributed by atoms with Crippen LogP contribution in [0.25, 0.3) is 0 Å². The summed E-state index contributed by atoms with van der Waals surface area (Å²) in [5, 5.41) is 17.1. The van der Waals surface area contributed by atoms with Crippen molar-refractivity contribution in [1.82, 2.24) is 0 Å². The monoisotopic (exact) mass is 224 g/mol. The maximum Gasteiger partial charge on any atom is 0.261 e. The van der Waals surface area contributed by atoms with Gasteiger partial charge in [-0.1, -0.05) is 13.3 Å². The van der Waals surface area contributed by atoms with Crippen LogP contribution < -0.4 is 0 Å². The van der Waals surface area contributed by atoms with E-state index < -0.39 is 16.2 Å². The molecular weight excluding hydrogens is 204 g/mol. The van der Waals surface area contributed by atoms with Gasteiger partial charge in [-0.25, -0.2) is 0 Å². The number of rotatable bonds is 10. The summed E-state index contributed by atoms with van der Waals surface area (Å²) in [6.07, 6.45) is 1.10. The number of aliphatic hydroxyl groups excluding tert-OH is 2. The van der Waals surface area contributed by atoms with Crippen molar-refractivity contribution < 1.29 is 24.1 Å². The van der Waals surface area contributed by atoms with E-state index in [0.29, 0.717) is 0 Å². The Balaban J connectivity index is 3.49. The van der Waals surface area contributed by atoms with E-state index in [4.69, 9.17) is 24.1 Å². The molecule has 2 N–H and O–H groups in total. The van der Waals surface area contributed by atoms with Crippen molar-refractivity contribution >= 4 is 9.76 Å². The lowest BCUT2D eigenvalue weighted by Gasteiger charge is -2.17. The SMILES string of the molecule is CCC[SiH2]OC(OCCO)OCCO. The largest absolute Gasteiger partial charge is 0.394 e. The van der Waals surface area contributed by atoms with E-state index in [9.17, 15) is 0 Å². The number of hydrogen-bond acceptors (Lipinski definition) is 5. The molecule has 0 radical (unpaired) electrons. The van der Waals surface area contributed by atoms with Crippen molar-refractivity contribution in [1.29, 1.82) is 0 Å². The van der Waals surface area contributed by atoms with E-state index in [1.54, 1.807) is 0 Å². The van der Waals surface area contributed by atoms with Gasteiger partial charge < -0.3 is 24.1 Å². The Hall–Kier alpha value is 0.0169. The molecule has 0 fully saturated rings. The summed E-state index contributed by atoms with van der Waals surface area (Å²) in [6.45, 7) is 1.64. The van der Waals surface area contributed by atoms with Crippen LogP contribution in [0.3, 0.4) is 0 Å². The molecule has 6 heteroatoms. The van der Waals surface area contributed by atoms with Crippen LogP contribution in [-0.4, -0.2) is 52.9 Å². The minimum absolute atomic E-state index is 0.0579.